The third-order valence-electron chi connectivity index (χ3n) is 3.14. The fourth-order valence-corrected chi connectivity index (χ4v) is 2.18. The lowest BCUT2D eigenvalue weighted by atomic mass is 10.0. The second-order valence-corrected chi connectivity index (χ2v) is 4.76. The van der Waals surface area contributed by atoms with Gasteiger partial charge in [0, 0.05) is 5.56 Å². The van der Waals surface area contributed by atoms with Gasteiger partial charge in [0.1, 0.15) is 18.8 Å². The third kappa shape index (κ3) is 4.19. The molecule has 0 unspecified atom stereocenters. The molecule has 0 aromatic heterocycles. The monoisotopic (exact) mass is 316 g/mol. The van der Waals surface area contributed by atoms with Crippen molar-refractivity contribution < 1.29 is 24.5 Å². The minimum Gasteiger partial charge on any atom is -0.496 e. The van der Waals surface area contributed by atoms with E-state index in [-0.39, 0.29) is 0 Å². The van der Waals surface area contributed by atoms with Crippen LogP contribution in [0.25, 0.3) is 10.8 Å². The second kappa shape index (κ2) is 7.26. The SMILES string of the molecule is COc1ccc2ccccc2c1/C=N\N(CC(=O)O)CC(=O)O. The summed E-state index contributed by atoms with van der Waals surface area (Å²) in [5, 5.41) is 24.5. The van der Waals surface area contributed by atoms with Crippen LogP contribution in [0.3, 0.4) is 0 Å². The van der Waals surface area contributed by atoms with E-state index in [1.807, 2.05) is 30.3 Å². The van der Waals surface area contributed by atoms with Gasteiger partial charge in [0.05, 0.1) is 13.3 Å². The van der Waals surface area contributed by atoms with Gasteiger partial charge in [-0.2, -0.15) is 5.10 Å². The Balaban J connectivity index is 2.41. The molecule has 2 rings (SSSR count). The smallest absolute Gasteiger partial charge is 0.324 e. The molecule has 0 spiro atoms. The molecule has 7 nitrogen and oxygen atoms in total. The first-order valence-corrected chi connectivity index (χ1v) is 6.79. The van der Waals surface area contributed by atoms with Gasteiger partial charge >= 0.3 is 11.9 Å². The molecule has 0 atom stereocenters. The summed E-state index contributed by atoms with van der Waals surface area (Å²) in [6.45, 7) is -1.01. The molecule has 2 aromatic rings. The van der Waals surface area contributed by atoms with Gasteiger partial charge in [0.15, 0.2) is 0 Å². The van der Waals surface area contributed by atoms with Crippen LogP contribution in [0.2, 0.25) is 0 Å². The van der Waals surface area contributed by atoms with Crippen LogP contribution in [0.4, 0.5) is 0 Å². The van der Waals surface area contributed by atoms with Gasteiger partial charge in [-0.1, -0.05) is 30.3 Å². The fraction of sp³-hybridized carbons (Fsp3) is 0.188. The number of carboxylic acid groups (broad SMARTS) is 2. The maximum absolute atomic E-state index is 10.8. The summed E-state index contributed by atoms with van der Waals surface area (Å²) in [6.07, 6.45) is 1.42. The van der Waals surface area contributed by atoms with Crippen LogP contribution >= 0.6 is 0 Å². The summed E-state index contributed by atoms with van der Waals surface area (Å²) < 4.78 is 5.31. The lowest BCUT2D eigenvalue weighted by molar-refractivity contribution is -0.141. The van der Waals surface area contributed by atoms with E-state index < -0.39 is 25.0 Å². The Morgan fingerprint density at radius 3 is 2.39 bits per heavy atom. The zero-order valence-corrected chi connectivity index (χ0v) is 12.5. The summed E-state index contributed by atoms with van der Waals surface area (Å²) in [5.41, 5.74) is 0.659. The van der Waals surface area contributed by atoms with Crippen LogP contribution in [0.5, 0.6) is 5.75 Å². The zero-order chi connectivity index (χ0) is 16.8. The van der Waals surface area contributed by atoms with Gasteiger partial charge in [-0.3, -0.25) is 14.6 Å². The molecule has 2 N–H and O–H groups in total. The van der Waals surface area contributed by atoms with Gasteiger partial charge in [0.2, 0.25) is 0 Å². The molecule has 0 amide bonds. The number of fused-ring (bicyclic) bond motifs is 1. The highest BCUT2D eigenvalue weighted by atomic mass is 16.5. The highest BCUT2D eigenvalue weighted by Gasteiger charge is 2.12. The van der Waals surface area contributed by atoms with Crippen LogP contribution in [0.1, 0.15) is 5.56 Å². The molecule has 0 aliphatic carbocycles. The average molecular weight is 316 g/mol. The molecule has 7 heteroatoms. The summed E-state index contributed by atoms with van der Waals surface area (Å²) in [7, 11) is 1.52. The van der Waals surface area contributed by atoms with Crippen LogP contribution in [-0.2, 0) is 9.59 Å². The van der Waals surface area contributed by atoms with Crippen molar-refractivity contribution in [2.45, 2.75) is 0 Å². The summed E-state index contributed by atoms with van der Waals surface area (Å²) in [4.78, 5) is 21.6. The highest BCUT2D eigenvalue weighted by molar-refractivity contribution is 6.02. The zero-order valence-electron chi connectivity index (χ0n) is 12.5. The topological polar surface area (TPSA) is 99.4 Å². The van der Waals surface area contributed by atoms with Crippen LogP contribution in [0, 0.1) is 0 Å². The minimum atomic E-state index is -1.16. The average Bonchev–Trinajstić information content (AvgIpc) is 2.51. The van der Waals surface area contributed by atoms with Crippen molar-refractivity contribution in [2.24, 2.45) is 5.10 Å². The van der Waals surface area contributed by atoms with Crippen LogP contribution in [0.15, 0.2) is 41.5 Å². The number of hydrogen-bond acceptors (Lipinski definition) is 5. The Kier molecular flexibility index (Phi) is 5.14. The summed E-state index contributed by atoms with van der Waals surface area (Å²) >= 11 is 0. The van der Waals surface area contributed by atoms with E-state index in [4.69, 9.17) is 14.9 Å². The number of hydrogen-bond donors (Lipinski definition) is 2. The van der Waals surface area contributed by atoms with E-state index in [9.17, 15) is 9.59 Å². The Morgan fingerprint density at radius 1 is 1.13 bits per heavy atom. The van der Waals surface area contributed by atoms with Crippen molar-refractivity contribution in [3.05, 3.63) is 42.0 Å². The van der Waals surface area contributed by atoms with Gasteiger partial charge in [-0.25, -0.2) is 0 Å². The van der Waals surface area contributed by atoms with E-state index in [1.54, 1.807) is 6.07 Å². The number of rotatable bonds is 7. The number of ether oxygens (including phenoxy) is 1. The molecule has 0 saturated carbocycles. The predicted octanol–water partition coefficient (Wildman–Crippen LogP) is 1.65. The maximum atomic E-state index is 10.8. The standard InChI is InChI=1S/C16H16N2O5/c1-23-14-7-6-11-4-2-3-5-12(11)13(14)8-17-18(9-15(19)20)10-16(21)22/h2-8H,9-10H2,1H3,(H,19,20)(H,21,22)/b17-8-. The summed E-state index contributed by atoms with van der Waals surface area (Å²) in [5.74, 6) is -1.75. The maximum Gasteiger partial charge on any atom is 0.324 e. The first-order chi connectivity index (χ1) is 11.0. The normalized spacial score (nSPS) is 10.8. The van der Waals surface area contributed by atoms with Crippen LogP contribution < -0.4 is 4.74 Å². The van der Waals surface area contributed by atoms with Crippen molar-refractivity contribution in [3.63, 3.8) is 0 Å². The van der Waals surface area contributed by atoms with E-state index >= 15 is 0 Å². The lowest BCUT2D eigenvalue weighted by Gasteiger charge is -2.14. The van der Waals surface area contributed by atoms with Crippen LogP contribution in [-0.4, -0.2) is 53.6 Å². The molecule has 120 valence electrons. The molecule has 2 aromatic carbocycles. The predicted molar refractivity (Wildman–Crippen MR) is 84.9 cm³/mol. The number of carbonyl (C=O) groups is 2. The van der Waals surface area contributed by atoms with Crippen molar-refractivity contribution in [1.29, 1.82) is 0 Å². The van der Waals surface area contributed by atoms with Crippen molar-refractivity contribution in [3.8, 4) is 5.75 Å². The number of methoxy groups -OCH3 is 1. The highest BCUT2D eigenvalue weighted by Crippen LogP contribution is 2.26. The number of aliphatic carboxylic acids is 2. The number of benzene rings is 2. The van der Waals surface area contributed by atoms with Gasteiger partial charge in [-0.15, -0.1) is 0 Å². The van der Waals surface area contributed by atoms with Gasteiger partial charge in [0.25, 0.3) is 0 Å². The Hall–Kier alpha value is -3.09. The molecule has 0 saturated heterocycles. The van der Waals surface area contributed by atoms with E-state index in [0.717, 1.165) is 15.8 Å². The molecule has 0 radical (unpaired) electrons. The van der Waals surface area contributed by atoms with E-state index in [0.29, 0.717) is 11.3 Å². The molecular weight excluding hydrogens is 300 g/mol. The lowest BCUT2D eigenvalue weighted by Crippen LogP contribution is -2.30. The van der Waals surface area contributed by atoms with Crippen molar-refractivity contribution >= 4 is 28.9 Å². The molecule has 23 heavy (non-hydrogen) atoms. The second-order valence-electron chi connectivity index (χ2n) is 4.76. The van der Waals surface area contributed by atoms with E-state index in [2.05, 4.69) is 5.10 Å². The molecular formula is C16H16N2O5. The molecule has 0 aliphatic rings. The Morgan fingerprint density at radius 2 is 1.78 bits per heavy atom. The van der Waals surface area contributed by atoms with Crippen molar-refractivity contribution in [2.75, 3.05) is 20.2 Å². The number of nitrogens with zero attached hydrogens (tertiary/aromatic N) is 2. The minimum absolute atomic E-state index is 0.504. The van der Waals surface area contributed by atoms with E-state index in [1.165, 1.54) is 13.3 Å². The molecule has 0 bridgehead atoms. The fourth-order valence-electron chi connectivity index (χ4n) is 2.18. The first kappa shape index (κ1) is 16.3. The first-order valence-electron chi connectivity index (χ1n) is 6.79. The third-order valence-corrected chi connectivity index (χ3v) is 3.14. The number of carboxylic acids is 2. The molecule has 0 heterocycles. The number of hydrazone groups is 1. The van der Waals surface area contributed by atoms with Gasteiger partial charge < -0.3 is 14.9 Å². The summed E-state index contributed by atoms with van der Waals surface area (Å²) in [6, 6.07) is 11.3. The Bertz CT molecular complexity index is 741. The largest absolute Gasteiger partial charge is 0.496 e. The Labute approximate surface area is 132 Å². The van der Waals surface area contributed by atoms with Gasteiger partial charge in [-0.05, 0) is 16.8 Å². The molecule has 0 aliphatic heterocycles. The molecule has 0 fully saturated rings. The van der Waals surface area contributed by atoms with Crippen molar-refractivity contribution in [1.82, 2.24) is 5.01 Å². The quantitative estimate of drug-likeness (QED) is 0.595.